The third-order valence-electron chi connectivity index (χ3n) is 3.97. The summed E-state index contributed by atoms with van der Waals surface area (Å²) in [6.07, 6.45) is 1.73. The number of hydrogen-bond acceptors (Lipinski definition) is 2. The highest BCUT2D eigenvalue weighted by Gasteiger charge is 2.38. The van der Waals surface area contributed by atoms with Gasteiger partial charge in [0.05, 0.1) is 17.9 Å². The van der Waals surface area contributed by atoms with Crippen molar-refractivity contribution in [3.05, 3.63) is 35.4 Å². The van der Waals surface area contributed by atoms with Crippen LogP contribution >= 0.6 is 0 Å². The molecule has 3 atom stereocenters. The number of carboxylic acids is 1. The molecule has 1 unspecified atom stereocenters. The molecule has 0 bridgehead atoms. The fourth-order valence-corrected chi connectivity index (χ4v) is 2.75. The predicted octanol–water partition coefficient (Wildman–Crippen LogP) is 2.64. The maximum absolute atomic E-state index is 13.2. The molecule has 1 aromatic carbocycles. The summed E-state index contributed by atoms with van der Waals surface area (Å²) in [5, 5.41) is 11.8. The van der Waals surface area contributed by atoms with Crippen LogP contribution in [0.1, 0.15) is 37.8 Å². The Bertz CT molecular complexity index is 562. The Morgan fingerprint density at radius 1 is 1.24 bits per heavy atom. The van der Waals surface area contributed by atoms with Gasteiger partial charge in [-0.05, 0) is 37.5 Å². The van der Waals surface area contributed by atoms with Gasteiger partial charge in [0.2, 0.25) is 5.91 Å². The molecule has 1 aliphatic rings. The number of carbonyl (C=O) groups is 2. The molecule has 2 rings (SSSR count). The number of hydrogen-bond donors (Lipinski definition) is 2. The second kappa shape index (κ2) is 6.20. The van der Waals surface area contributed by atoms with E-state index in [1.165, 1.54) is 6.07 Å². The lowest BCUT2D eigenvalue weighted by Crippen LogP contribution is -2.36. The molecular formula is C15H17F2NO3. The summed E-state index contributed by atoms with van der Waals surface area (Å²) in [6.45, 7) is 1.65. The molecule has 1 aliphatic carbocycles. The molecule has 114 valence electrons. The van der Waals surface area contributed by atoms with Crippen molar-refractivity contribution in [3.8, 4) is 0 Å². The molecule has 21 heavy (non-hydrogen) atoms. The maximum atomic E-state index is 13.2. The number of amides is 1. The molecule has 6 heteroatoms. The number of halogens is 2. The third kappa shape index (κ3) is 3.37. The molecule has 2 N–H and O–H groups in total. The number of nitrogens with one attached hydrogen (secondary N) is 1. The van der Waals surface area contributed by atoms with Crippen molar-refractivity contribution in [3.63, 3.8) is 0 Å². The summed E-state index contributed by atoms with van der Waals surface area (Å²) in [4.78, 5) is 23.2. The molecule has 1 fully saturated rings. The molecule has 1 amide bonds. The van der Waals surface area contributed by atoms with E-state index in [0.29, 0.717) is 24.8 Å². The third-order valence-corrected chi connectivity index (χ3v) is 3.97. The van der Waals surface area contributed by atoms with Crippen LogP contribution in [0.25, 0.3) is 0 Å². The number of aliphatic carboxylic acids is 1. The quantitative estimate of drug-likeness (QED) is 0.898. The molecule has 0 aromatic heterocycles. The van der Waals surface area contributed by atoms with Gasteiger partial charge in [-0.15, -0.1) is 0 Å². The van der Waals surface area contributed by atoms with Gasteiger partial charge in [0.1, 0.15) is 0 Å². The number of carbonyl (C=O) groups excluding carboxylic acids is 1. The van der Waals surface area contributed by atoms with Crippen molar-refractivity contribution in [2.24, 2.45) is 11.8 Å². The van der Waals surface area contributed by atoms with Crippen LogP contribution in [-0.4, -0.2) is 17.0 Å². The molecule has 0 saturated heterocycles. The highest BCUT2D eigenvalue weighted by molar-refractivity contribution is 5.85. The minimum atomic E-state index is -0.974. The first-order chi connectivity index (χ1) is 9.90. The summed E-state index contributed by atoms with van der Waals surface area (Å²) in [5.41, 5.74) is 0.437. The Hall–Kier alpha value is -1.98. The van der Waals surface area contributed by atoms with Crippen LogP contribution in [-0.2, 0) is 9.59 Å². The molecule has 0 aliphatic heterocycles. The van der Waals surface area contributed by atoms with Gasteiger partial charge in [0.15, 0.2) is 11.6 Å². The minimum absolute atomic E-state index is 0.350. The summed E-state index contributed by atoms with van der Waals surface area (Å²) in [6, 6.07) is 2.92. The summed E-state index contributed by atoms with van der Waals surface area (Å²) >= 11 is 0. The lowest BCUT2D eigenvalue weighted by atomic mass is 9.94. The van der Waals surface area contributed by atoms with Gasteiger partial charge < -0.3 is 10.4 Å². The highest BCUT2D eigenvalue weighted by Crippen LogP contribution is 2.32. The van der Waals surface area contributed by atoms with Gasteiger partial charge in [0.25, 0.3) is 0 Å². The van der Waals surface area contributed by atoms with Crippen LogP contribution in [0.2, 0.25) is 0 Å². The second-order valence-corrected chi connectivity index (χ2v) is 5.39. The van der Waals surface area contributed by atoms with E-state index in [1.807, 2.05) is 0 Å². The topological polar surface area (TPSA) is 66.4 Å². The van der Waals surface area contributed by atoms with E-state index in [-0.39, 0.29) is 5.91 Å². The maximum Gasteiger partial charge on any atom is 0.307 e. The van der Waals surface area contributed by atoms with Crippen LogP contribution < -0.4 is 5.32 Å². The zero-order valence-corrected chi connectivity index (χ0v) is 11.6. The average molecular weight is 297 g/mol. The Balaban J connectivity index is 2.04. The van der Waals surface area contributed by atoms with Gasteiger partial charge in [-0.2, -0.15) is 0 Å². The Morgan fingerprint density at radius 2 is 1.90 bits per heavy atom. The van der Waals surface area contributed by atoms with Crippen molar-refractivity contribution in [2.45, 2.75) is 32.2 Å². The fourth-order valence-electron chi connectivity index (χ4n) is 2.75. The predicted molar refractivity (Wildman–Crippen MR) is 71.4 cm³/mol. The number of rotatable bonds is 4. The van der Waals surface area contributed by atoms with Crippen LogP contribution in [0.4, 0.5) is 8.78 Å². The van der Waals surface area contributed by atoms with Gasteiger partial charge in [-0.25, -0.2) is 8.78 Å². The van der Waals surface area contributed by atoms with Crippen molar-refractivity contribution in [1.82, 2.24) is 5.32 Å². The molecule has 0 radical (unpaired) electrons. The molecule has 4 nitrogen and oxygen atoms in total. The Morgan fingerprint density at radius 3 is 2.52 bits per heavy atom. The van der Waals surface area contributed by atoms with Crippen LogP contribution in [0.3, 0.4) is 0 Å². The van der Waals surface area contributed by atoms with E-state index in [4.69, 9.17) is 5.11 Å². The smallest absolute Gasteiger partial charge is 0.307 e. The lowest BCUT2D eigenvalue weighted by molar-refractivity contribution is -0.146. The van der Waals surface area contributed by atoms with Gasteiger partial charge in [-0.3, -0.25) is 9.59 Å². The number of benzene rings is 1. The van der Waals surface area contributed by atoms with Crippen LogP contribution in [0.15, 0.2) is 18.2 Å². The second-order valence-electron chi connectivity index (χ2n) is 5.39. The fraction of sp³-hybridized carbons (Fsp3) is 0.467. The normalized spacial score (nSPS) is 22.8. The van der Waals surface area contributed by atoms with E-state index in [9.17, 15) is 18.4 Å². The lowest BCUT2D eigenvalue weighted by Gasteiger charge is -2.20. The first-order valence-corrected chi connectivity index (χ1v) is 6.88. The van der Waals surface area contributed by atoms with E-state index in [1.54, 1.807) is 6.92 Å². The van der Waals surface area contributed by atoms with Gasteiger partial charge >= 0.3 is 5.97 Å². The van der Waals surface area contributed by atoms with Crippen molar-refractivity contribution in [2.75, 3.05) is 0 Å². The standard InChI is InChI=1S/C15H17F2NO3/c1-8(9-5-6-12(16)13(17)7-9)18-14(19)10-3-2-4-11(10)15(20)21/h5-8,10-11H,2-4H2,1H3,(H,18,19)(H,20,21)/t8?,10-,11+/m1/s1. The van der Waals surface area contributed by atoms with E-state index in [2.05, 4.69) is 5.32 Å². The Labute approximate surface area is 121 Å². The van der Waals surface area contributed by atoms with Gasteiger partial charge in [-0.1, -0.05) is 12.5 Å². The molecule has 0 spiro atoms. The minimum Gasteiger partial charge on any atom is -0.481 e. The molecule has 1 saturated carbocycles. The van der Waals surface area contributed by atoms with Crippen LogP contribution in [0.5, 0.6) is 0 Å². The Kier molecular flexibility index (Phi) is 4.55. The summed E-state index contributed by atoms with van der Waals surface area (Å²) in [5.74, 6) is -4.46. The van der Waals surface area contributed by atoms with Crippen molar-refractivity contribution >= 4 is 11.9 Å². The van der Waals surface area contributed by atoms with E-state index in [0.717, 1.165) is 12.1 Å². The number of carboxylic acid groups (broad SMARTS) is 1. The van der Waals surface area contributed by atoms with Crippen molar-refractivity contribution in [1.29, 1.82) is 0 Å². The zero-order chi connectivity index (χ0) is 15.6. The van der Waals surface area contributed by atoms with Crippen molar-refractivity contribution < 1.29 is 23.5 Å². The largest absolute Gasteiger partial charge is 0.481 e. The highest BCUT2D eigenvalue weighted by atomic mass is 19.2. The molecular weight excluding hydrogens is 280 g/mol. The van der Waals surface area contributed by atoms with Crippen LogP contribution in [0, 0.1) is 23.5 Å². The average Bonchev–Trinajstić information content (AvgIpc) is 2.91. The summed E-state index contributed by atoms with van der Waals surface area (Å²) < 4.78 is 26.1. The summed E-state index contributed by atoms with van der Waals surface area (Å²) in [7, 11) is 0. The monoisotopic (exact) mass is 297 g/mol. The first-order valence-electron chi connectivity index (χ1n) is 6.88. The van der Waals surface area contributed by atoms with E-state index < -0.39 is 35.5 Å². The van der Waals surface area contributed by atoms with Gasteiger partial charge in [0, 0.05) is 0 Å². The SMILES string of the molecule is CC(NC(=O)[C@@H]1CCC[C@@H]1C(=O)O)c1ccc(F)c(F)c1. The molecule has 1 aromatic rings. The zero-order valence-electron chi connectivity index (χ0n) is 11.6. The molecule has 0 heterocycles. The van der Waals surface area contributed by atoms with E-state index >= 15 is 0 Å². The first kappa shape index (κ1) is 15.4.